The molecule has 0 spiro atoms. The van der Waals surface area contributed by atoms with Gasteiger partial charge in [-0.25, -0.2) is 9.87 Å². The summed E-state index contributed by atoms with van der Waals surface area (Å²) in [5, 5.41) is 34.3. The number of carbonyl (C=O) groups is 4. The van der Waals surface area contributed by atoms with Crippen LogP contribution in [0.4, 0.5) is 21.8 Å². The molecular formula is C55H70B3Br3ClFN8O14. The topological polar surface area (TPSA) is 308 Å². The standard InChI is InChI=1S/C15H19BN2O4.C12H24B2O4.C9H7BrN2O2.C7H3BrFN.C7H5BrN2O.C2H3ClO.C2H5NO2.CH4/c1-9(19)17-13-11-7-6-10(8-12(11)20-18-13)16-21-14(2,3)15(4,5)22-16;1-9(2)10(3,4)16-13(15-9)14-17-11(5,6)12(7,8)18-14;1-5(13)11-9-7-3-2-6(10)4-8(7)14-12-9;8-6-2-1-5(4-10)7(9)3-6;8-4-1-2-5-6(3-4)11-10-7(5)9;1-2(3)4;1-2(4)3-5;/h6-8H,1-5H3,(H,17,18,19);1-8H3;2-4H,1H3,(H,11,12,13);1-3H;1-3H,(H2,9,10);1H3;5H,1H3,(H,3,4);1H4. The number of nitrogen functional groups attached to an aromatic ring is 1. The van der Waals surface area contributed by atoms with E-state index in [1.54, 1.807) is 18.2 Å². The highest BCUT2D eigenvalue weighted by molar-refractivity contribution is 9.11. The van der Waals surface area contributed by atoms with Gasteiger partial charge in [0.15, 0.2) is 34.2 Å². The number of nitriles is 1. The van der Waals surface area contributed by atoms with Crippen LogP contribution in [-0.2, 0) is 47.1 Å². The number of benzene rings is 4. The summed E-state index contributed by atoms with van der Waals surface area (Å²) in [6.45, 7) is 29.6. The van der Waals surface area contributed by atoms with Crippen LogP contribution in [-0.4, -0.2) is 98.4 Å². The zero-order valence-electron chi connectivity index (χ0n) is 49.2. The fourth-order valence-electron chi connectivity index (χ4n) is 7.02. The molecule has 3 fully saturated rings. The van der Waals surface area contributed by atoms with E-state index in [4.69, 9.17) is 57.7 Å². The zero-order valence-corrected chi connectivity index (χ0v) is 54.7. The number of aromatic nitrogens is 3. The molecule has 3 amide bonds. The molecule has 3 aliphatic rings. The van der Waals surface area contributed by atoms with Crippen LogP contribution < -0.4 is 27.3 Å². The maximum absolute atomic E-state index is 12.6. The van der Waals surface area contributed by atoms with Gasteiger partial charge in [-0.2, -0.15) is 5.26 Å². The first-order valence-electron chi connectivity index (χ1n) is 25.5. The molecule has 0 atom stereocenters. The van der Waals surface area contributed by atoms with Gasteiger partial charge >= 0.3 is 21.1 Å². The molecule has 10 rings (SSSR count). The summed E-state index contributed by atoms with van der Waals surface area (Å²) in [5.41, 5.74) is 7.53. The lowest BCUT2D eigenvalue weighted by atomic mass is 9.49. The number of halogens is 5. The molecule has 3 aromatic heterocycles. The summed E-state index contributed by atoms with van der Waals surface area (Å²) < 4.78 is 66.2. The van der Waals surface area contributed by atoms with Gasteiger partial charge in [0, 0.05) is 41.1 Å². The minimum atomic E-state index is -0.489. The Morgan fingerprint density at radius 1 is 0.565 bits per heavy atom. The molecule has 0 bridgehead atoms. The first-order chi connectivity index (χ1) is 38.7. The lowest BCUT2D eigenvalue weighted by Crippen LogP contribution is -2.41. The average molecular weight is 1390 g/mol. The third kappa shape index (κ3) is 20.1. The van der Waals surface area contributed by atoms with Crippen LogP contribution in [0.15, 0.2) is 99.8 Å². The third-order valence-electron chi connectivity index (χ3n) is 13.5. The summed E-state index contributed by atoms with van der Waals surface area (Å²) in [5.74, 6) is 0.0331. The van der Waals surface area contributed by atoms with Crippen molar-refractivity contribution in [3.05, 3.63) is 97.6 Å². The minimum Gasteiger partial charge on any atom is -0.405 e. The van der Waals surface area contributed by atoms with Gasteiger partial charge in [0.2, 0.25) is 23.0 Å². The quantitative estimate of drug-likeness (QED) is 0.0473. The highest BCUT2D eigenvalue weighted by Crippen LogP contribution is 2.43. The Hall–Kier alpha value is -5.77. The molecule has 6 heterocycles. The fourth-order valence-corrected chi connectivity index (χ4v) is 8.03. The number of amides is 3. The van der Waals surface area contributed by atoms with E-state index in [1.807, 2.05) is 132 Å². The van der Waals surface area contributed by atoms with Crippen LogP contribution in [0.3, 0.4) is 0 Å². The molecule has 85 heavy (non-hydrogen) atoms. The van der Waals surface area contributed by atoms with E-state index in [2.05, 4.69) is 85.5 Å². The van der Waals surface area contributed by atoms with Crippen LogP contribution in [0.1, 0.15) is 124 Å². The van der Waals surface area contributed by atoms with Crippen LogP contribution in [0, 0.1) is 17.1 Å². The van der Waals surface area contributed by atoms with Crippen molar-refractivity contribution in [3.8, 4) is 6.07 Å². The normalized spacial score (nSPS) is 16.7. The first kappa shape index (κ1) is 73.5. The number of nitrogens with two attached hydrogens (primary N) is 1. The Labute approximate surface area is 524 Å². The van der Waals surface area contributed by atoms with E-state index in [1.165, 1.54) is 45.3 Å². The summed E-state index contributed by atoms with van der Waals surface area (Å²) in [7, 11) is -1.41. The molecule has 30 heteroatoms. The maximum Gasteiger partial charge on any atom is 0.494 e. The Balaban J connectivity index is 0.000000274. The molecule has 0 aliphatic carbocycles. The van der Waals surface area contributed by atoms with E-state index in [-0.39, 0.29) is 52.5 Å². The van der Waals surface area contributed by atoms with E-state index >= 15 is 0 Å². The SMILES string of the molecule is C.CC(=O)Cl.CC(=O)NO.CC(=O)Nc1noc2cc(B3OC(C)(C)C(C)(C)O3)ccc12.CC(=O)Nc1noc2cc(Br)ccc12.CC1(C)OB(B2OC(C)(C)C(C)(C)O2)OC1(C)C.N#Cc1ccc(Br)cc1F.Nc1noc2cc(Br)ccc12. The molecule has 0 radical (unpaired) electrons. The largest absolute Gasteiger partial charge is 0.494 e. The Bertz CT molecular complexity index is 3420. The van der Waals surface area contributed by atoms with Crippen molar-refractivity contribution in [2.75, 3.05) is 16.4 Å². The number of hydrogen-bond acceptors (Lipinski definition) is 19. The monoisotopic (exact) mass is 1390 g/mol. The predicted octanol–water partition coefficient (Wildman–Crippen LogP) is 12.4. The second-order valence-electron chi connectivity index (χ2n) is 21.7. The maximum atomic E-state index is 12.6. The van der Waals surface area contributed by atoms with Gasteiger partial charge < -0.3 is 57.9 Å². The van der Waals surface area contributed by atoms with Gasteiger partial charge in [-0.1, -0.05) is 76.8 Å². The number of nitrogens with one attached hydrogen (secondary N) is 3. The van der Waals surface area contributed by atoms with E-state index in [0.717, 1.165) is 30.6 Å². The second-order valence-corrected chi connectivity index (χ2v) is 25.0. The highest BCUT2D eigenvalue weighted by atomic mass is 79.9. The van der Waals surface area contributed by atoms with Gasteiger partial charge in [-0.3, -0.25) is 24.4 Å². The highest BCUT2D eigenvalue weighted by Gasteiger charge is 2.63. The number of hydrogen-bond donors (Lipinski definition) is 5. The molecular weight excluding hydrogens is 1320 g/mol. The van der Waals surface area contributed by atoms with Crippen LogP contribution >= 0.6 is 59.4 Å². The van der Waals surface area contributed by atoms with Gasteiger partial charge in [0.1, 0.15) is 11.9 Å². The van der Waals surface area contributed by atoms with Gasteiger partial charge in [0.25, 0.3) is 0 Å². The van der Waals surface area contributed by atoms with Crippen molar-refractivity contribution in [3.63, 3.8) is 0 Å². The molecule has 4 aromatic carbocycles. The van der Waals surface area contributed by atoms with E-state index in [9.17, 15) is 23.6 Å². The Morgan fingerprint density at radius 2 is 0.894 bits per heavy atom. The van der Waals surface area contributed by atoms with Crippen LogP contribution in [0.2, 0.25) is 0 Å². The van der Waals surface area contributed by atoms with E-state index < -0.39 is 44.1 Å². The Morgan fingerprint density at radius 3 is 1.27 bits per heavy atom. The molecule has 3 aliphatic heterocycles. The lowest BCUT2D eigenvalue weighted by molar-refractivity contribution is -0.127. The summed E-state index contributed by atoms with van der Waals surface area (Å²) >= 11 is 14.3. The number of fused-ring (bicyclic) bond motifs is 3. The van der Waals surface area contributed by atoms with Crippen LogP contribution in [0.25, 0.3) is 32.9 Å². The fraction of sp³-hybridized carbons (Fsp3) is 0.418. The van der Waals surface area contributed by atoms with Crippen molar-refractivity contribution >= 4 is 159 Å². The predicted molar refractivity (Wildman–Crippen MR) is 336 cm³/mol. The molecule has 22 nitrogen and oxygen atoms in total. The van der Waals surface area contributed by atoms with Crippen LogP contribution in [0.5, 0.6) is 0 Å². The molecule has 7 aromatic rings. The molecule has 458 valence electrons. The second kappa shape index (κ2) is 30.2. The molecule has 6 N–H and O–H groups in total. The summed E-state index contributed by atoms with van der Waals surface area (Å²) in [6, 6.07) is 22.7. The van der Waals surface area contributed by atoms with Crippen molar-refractivity contribution in [1.29, 1.82) is 5.26 Å². The van der Waals surface area contributed by atoms with E-state index in [0.29, 0.717) is 38.7 Å². The van der Waals surface area contributed by atoms with Gasteiger partial charge in [-0.05, 0) is 167 Å². The van der Waals surface area contributed by atoms with Gasteiger partial charge in [-0.15, -0.1) is 0 Å². The molecule has 3 saturated heterocycles. The zero-order chi connectivity index (χ0) is 63.5. The number of anilines is 3. The summed E-state index contributed by atoms with van der Waals surface area (Å²) in [4.78, 5) is 40.6. The first-order valence-corrected chi connectivity index (χ1v) is 28.3. The Kier molecular flexibility index (Phi) is 26.1. The third-order valence-corrected chi connectivity index (χ3v) is 15.0. The van der Waals surface area contributed by atoms with Crippen molar-refractivity contribution < 1.29 is 70.3 Å². The van der Waals surface area contributed by atoms with Crippen molar-refractivity contribution in [2.24, 2.45) is 0 Å². The number of rotatable bonds is 4. The number of nitrogens with zero attached hydrogens (tertiary/aromatic N) is 4. The summed E-state index contributed by atoms with van der Waals surface area (Å²) in [6.07, 6.45) is 0. The molecule has 0 saturated carbocycles. The lowest BCUT2D eigenvalue weighted by Gasteiger charge is -2.32. The number of hydroxylamine groups is 1. The van der Waals surface area contributed by atoms with Crippen molar-refractivity contribution in [2.45, 2.75) is 152 Å². The minimum absolute atomic E-state index is 0. The number of carbonyl (C=O) groups excluding carboxylic acids is 4. The van der Waals surface area contributed by atoms with Crippen molar-refractivity contribution in [1.82, 2.24) is 21.0 Å². The smallest absolute Gasteiger partial charge is 0.405 e. The molecule has 0 unspecified atom stereocenters. The average Bonchev–Trinajstić information content (AvgIpc) is 3.48. The van der Waals surface area contributed by atoms with Gasteiger partial charge in [0.05, 0.1) is 55.3 Å².